The van der Waals surface area contributed by atoms with E-state index >= 15 is 0 Å². The Kier molecular flexibility index (Phi) is 5.41. The normalized spacial score (nSPS) is 13.1. The van der Waals surface area contributed by atoms with Crippen molar-refractivity contribution in [3.05, 3.63) is 72.4 Å². The molecular weight excluding hydrogens is 436 g/mol. The minimum absolute atomic E-state index is 0.130. The summed E-state index contributed by atoms with van der Waals surface area (Å²) in [7, 11) is 3.12. The molecule has 0 fully saturated rings. The Bertz CT molecular complexity index is 1380. The molecule has 0 spiro atoms. The highest BCUT2D eigenvalue weighted by atomic mass is 35.5. The molecule has 0 aliphatic carbocycles. The van der Waals surface area contributed by atoms with Gasteiger partial charge in [0.1, 0.15) is 10.2 Å². The number of aliphatic hydroxyl groups excluding tert-OH is 1. The highest BCUT2D eigenvalue weighted by Gasteiger charge is 2.38. The van der Waals surface area contributed by atoms with Crippen molar-refractivity contribution in [1.82, 2.24) is 19.1 Å². The van der Waals surface area contributed by atoms with Crippen LogP contribution in [0.5, 0.6) is 0 Å². The van der Waals surface area contributed by atoms with Crippen molar-refractivity contribution in [2.75, 3.05) is 6.61 Å². The molecule has 7 nitrogen and oxygen atoms in total. The van der Waals surface area contributed by atoms with E-state index in [1.54, 1.807) is 12.4 Å². The molecule has 0 aliphatic heterocycles. The van der Waals surface area contributed by atoms with Gasteiger partial charge in [-0.1, -0.05) is 55.8 Å². The molecule has 0 radical (unpaired) electrons. The number of fused-ring (bicyclic) bond motifs is 1. The van der Waals surface area contributed by atoms with E-state index < -0.39 is 17.0 Å². The number of hydrogen-bond donors (Lipinski definition) is 2. The van der Waals surface area contributed by atoms with Gasteiger partial charge in [-0.3, -0.25) is 13.9 Å². The molecule has 3 heterocycles. The Balaban J connectivity index is 2.18. The maximum Gasteiger partial charge on any atom is 0.331 e. The topological polar surface area (TPSA) is 92.9 Å². The maximum absolute atomic E-state index is 13.2. The molecule has 0 saturated heterocycles. The molecule has 0 bridgehead atoms. The number of rotatable bonds is 5. The minimum Gasteiger partial charge on any atom is -0.396 e. The number of hydrogen-bond acceptors (Lipinski definition) is 5. The maximum atomic E-state index is 13.2. The number of nitrogens with one attached hydrogen (secondary N) is 1. The Hall–Kier alpha value is -2.68. The van der Waals surface area contributed by atoms with Crippen LogP contribution in [0.3, 0.4) is 0 Å². The lowest BCUT2D eigenvalue weighted by Crippen LogP contribution is -2.37. The van der Waals surface area contributed by atoms with Crippen LogP contribution in [0.15, 0.2) is 45.3 Å². The highest BCUT2D eigenvalue weighted by Crippen LogP contribution is 2.45. The van der Waals surface area contributed by atoms with Crippen molar-refractivity contribution in [1.29, 1.82) is 0 Å². The first-order valence-corrected chi connectivity index (χ1v) is 11.0. The van der Waals surface area contributed by atoms with E-state index in [0.29, 0.717) is 32.5 Å². The monoisotopic (exact) mass is 458 g/mol. The third-order valence-electron chi connectivity index (χ3n) is 5.71. The van der Waals surface area contributed by atoms with Gasteiger partial charge in [-0.05, 0) is 5.56 Å². The summed E-state index contributed by atoms with van der Waals surface area (Å²) in [5.41, 5.74) is 1.16. The van der Waals surface area contributed by atoms with E-state index in [4.69, 9.17) is 11.6 Å². The molecule has 31 heavy (non-hydrogen) atoms. The van der Waals surface area contributed by atoms with Gasteiger partial charge in [0.25, 0.3) is 5.56 Å². The molecule has 9 heteroatoms. The summed E-state index contributed by atoms with van der Waals surface area (Å²) in [6, 6.07) is 9.50. The van der Waals surface area contributed by atoms with E-state index in [1.807, 2.05) is 44.2 Å². The Labute approximate surface area is 187 Å². The first-order valence-electron chi connectivity index (χ1n) is 9.76. The number of thiazole rings is 1. The lowest BCUT2D eigenvalue weighted by Gasteiger charge is -2.31. The lowest BCUT2D eigenvalue weighted by atomic mass is 9.77. The van der Waals surface area contributed by atoms with Crippen LogP contribution in [0.2, 0.25) is 5.15 Å². The molecule has 0 aliphatic rings. The Morgan fingerprint density at radius 3 is 2.45 bits per heavy atom. The molecular formula is C22H23ClN4O3S. The van der Waals surface area contributed by atoms with Crippen LogP contribution in [0, 0.1) is 5.41 Å². The zero-order valence-electron chi connectivity index (χ0n) is 17.6. The number of H-pyrrole nitrogens is 1. The Morgan fingerprint density at radius 1 is 1.19 bits per heavy atom. The largest absolute Gasteiger partial charge is 0.396 e. The third kappa shape index (κ3) is 3.44. The van der Waals surface area contributed by atoms with Crippen molar-refractivity contribution >= 4 is 33.8 Å². The van der Waals surface area contributed by atoms with Crippen molar-refractivity contribution in [3.63, 3.8) is 0 Å². The van der Waals surface area contributed by atoms with E-state index in [2.05, 4.69) is 9.97 Å². The van der Waals surface area contributed by atoms with Crippen molar-refractivity contribution in [2.24, 2.45) is 19.5 Å². The second kappa shape index (κ2) is 7.78. The zero-order valence-corrected chi connectivity index (χ0v) is 19.2. The second-order valence-corrected chi connectivity index (χ2v) is 9.57. The van der Waals surface area contributed by atoms with Crippen LogP contribution in [0.1, 0.15) is 30.5 Å². The molecule has 4 rings (SSSR count). The summed E-state index contributed by atoms with van der Waals surface area (Å²) in [6.07, 6.45) is 0. The highest BCUT2D eigenvalue weighted by molar-refractivity contribution is 7.10. The Morgan fingerprint density at radius 2 is 1.87 bits per heavy atom. The van der Waals surface area contributed by atoms with Gasteiger partial charge >= 0.3 is 5.69 Å². The van der Waals surface area contributed by atoms with E-state index in [9.17, 15) is 14.7 Å². The molecule has 1 unspecified atom stereocenters. The summed E-state index contributed by atoms with van der Waals surface area (Å²) < 4.78 is 2.59. The van der Waals surface area contributed by atoms with Crippen molar-refractivity contribution in [3.8, 4) is 11.3 Å². The van der Waals surface area contributed by atoms with Gasteiger partial charge in [-0.15, -0.1) is 11.3 Å². The molecule has 2 N–H and O–H groups in total. The van der Waals surface area contributed by atoms with Crippen LogP contribution in [0.4, 0.5) is 0 Å². The average Bonchev–Trinajstić information content (AvgIpc) is 3.35. The van der Waals surface area contributed by atoms with Crippen molar-refractivity contribution < 1.29 is 5.11 Å². The molecule has 3 aromatic heterocycles. The fourth-order valence-electron chi connectivity index (χ4n) is 4.01. The fourth-order valence-corrected chi connectivity index (χ4v) is 5.28. The summed E-state index contributed by atoms with van der Waals surface area (Å²) in [6.45, 7) is 3.71. The molecule has 162 valence electrons. The number of halogens is 1. The number of nitrogens with zero attached hydrogens (tertiary/aromatic N) is 3. The SMILES string of the molecule is Cn1c(=O)c2c(-c3ccccc3)[nH]c(C(c3nc(Cl)cs3)C(C)(C)CO)c2n(C)c1=O. The van der Waals surface area contributed by atoms with Gasteiger partial charge in [0.15, 0.2) is 0 Å². The van der Waals surface area contributed by atoms with Crippen LogP contribution >= 0.6 is 22.9 Å². The first kappa shape index (κ1) is 21.5. The predicted octanol–water partition coefficient (Wildman–Crippen LogP) is 3.49. The van der Waals surface area contributed by atoms with E-state index in [0.717, 1.165) is 10.1 Å². The standard InChI is InChI=1S/C22H23ClN4O3S/c1-22(2,11-28)15(19-24-13(23)10-31-19)17-18-14(20(29)27(4)21(30)26(18)3)16(25-17)12-8-6-5-7-9-12/h5-10,15,25,28H,11H2,1-4H3. The van der Waals surface area contributed by atoms with Crippen LogP contribution in [-0.4, -0.2) is 30.8 Å². The number of aromatic nitrogens is 4. The minimum atomic E-state index is -0.649. The van der Waals surface area contributed by atoms with Gasteiger partial charge < -0.3 is 10.1 Å². The number of aryl methyl sites for hydroxylation is 1. The van der Waals surface area contributed by atoms with Gasteiger partial charge in [0.05, 0.1) is 28.2 Å². The van der Waals surface area contributed by atoms with Crippen LogP contribution in [-0.2, 0) is 14.1 Å². The van der Waals surface area contributed by atoms with E-state index in [-0.39, 0.29) is 12.2 Å². The number of aromatic amines is 1. The quantitative estimate of drug-likeness (QED) is 0.478. The molecule has 1 aromatic carbocycles. The lowest BCUT2D eigenvalue weighted by molar-refractivity contribution is 0.142. The van der Waals surface area contributed by atoms with Gasteiger partial charge in [0.2, 0.25) is 0 Å². The molecule has 1 atom stereocenters. The predicted molar refractivity (Wildman–Crippen MR) is 124 cm³/mol. The number of aliphatic hydroxyl groups is 1. The second-order valence-electron chi connectivity index (χ2n) is 8.30. The first-order chi connectivity index (χ1) is 14.7. The van der Waals surface area contributed by atoms with Crippen LogP contribution < -0.4 is 11.2 Å². The fraction of sp³-hybridized carbons (Fsp3) is 0.318. The van der Waals surface area contributed by atoms with Gasteiger partial charge in [-0.25, -0.2) is 9.78 Å². The van der Waals surface area contributed by atoms with Crippen molar-refractivity contribution in [2.45, 2.75) is 19.8 Å². The van der Waals surface area contributed by atoms with E-state index in [1.165, 1.54) is 23.0 Å². The van der Waals surface area contributed by atoms with Gasteiger partial charge in [0, 0.05) is 31.5 Å². The molecule has 0 amide bonds. The summed E-state index contributed by atoms with van der Waals surface area (Å²) >= 11 is 7.51. The van der Waals surface area contributed by atoms with Crippen LogP contribution in [0.25, 0.3) is 22.2 Å². The number of benzene rings is 1. The third-order valence-corrected chi connectivity index (χ3v) is 6.94. The summed E-state index contributed by atoms with van der Waals surface area (Å²) in [4.78, 5) is 33.9. The average molecular weight is 459 g/mol. The zero-order chi connectivity index (χ0) is 22.5. The van der Waals surface area contributed by atoms with Gasteiger partial charge in [-0.2, -0.15) is 0 Å². The summed E-state index contributed by atoms with van der Waals surface area (Å²) in [5, 5.41) is 13.4. The smallest absolute Gasteiger partial charge is 0.331 e. The molecule has 4 aromatic rings. The molecule has 0 saturated carbocycles. The summed E-state index contributed by atoms with van der Waals surface area (Å²) in [5.74, 6) is -0.423.